The molecule has 6 heteroatoms. The minimum atomic E-state index is -1.13. The Morgan fingerprint density at radius 3 is 2.55 bits per heavy atom. The Kier molecular flexibility index (Phi) is 4.06. The van der Waals surface area contributed by atoms with Crippen LogP contribution >= 0.6 is 0 Å². The molecule has 108 valence electrons. The molecule has 1 fully saturated rings. The summed E-state index contributed by atoms with van der Waals surface area (Å²) in [5, 5.41) is 11.7. The number of amides is 1. The molecule has 1 aromatic rings. The van der Waals surface area contributed by atoms with Gasteiger partial charge in [0.1, 0.15) is 6.10 Å². The monoisotopic (exact) mass is 279 g/mol. The van der Waals surface area contributed by atoms with Crippen LogP contribution in [0.2, 0.25) is 0 Å². The zero-order valence-electron chi connectivity index (χ0n) is 11.4. The second-order valence-corrected chi connectivity index (χ2v) is 5.01. The van der Waals surface area contributed by atoms with E-state index in [4.69, 9.17) is 14.6 Å². The minimum absolute atomic E-state index is 0.0195. The number of rotatable bonds is 4. The Hall–Kier alpha value is -1.92. The molecule has 0 aliphatic carbocycles. The molecule has 1 saturated heterocycles. The van der Waals surface area contributed by atoms with Crippen molar-refractivity contribution in [2.45, 2.75) is 25.7 Å². The van der Waals surface area contributed by atoms with Crippen molar-refractivity contribution in [2.75, 3.05) is 13.2 Å². The van der Waals surface area contributed by atoms with Gasteiger partial charge in [-0.05, 0) is 26.0 Å². The van der Waals surface area contributed by atoms with Crippen molar-refractivity contribution in [3.05, 3.63) is 35.4 Å². The molecule has 1 heterocycles. The summed E-state index contributed by atoms with van der Waals surface area (Å²) >= 11 is 0. The van der Waals surface area contributed by atoms with Crippen LogP contribution in [0.3, 0.4) is 0 Å². The van der Waals surface area contributed by atoms with E-state index < -0.39 is 17.7 Å². The van der Waals surface area contributed by atoms with Gasteiger partial charge in [0, 0.05) is 6.54 Å². The van der Waals surface area contributed by atoms with Crippen molar-refractivity contribution in [2.24, 2.45) is 0 Å². The molecule has 1 aliphatic rings. The number of carbonyl (C=O) groups excluding carboxylic acids is 1. The zero-order valence-corrected chi connectivity index (χ0v) is 11.4. The molecule has 1 atom stereocenters. The second kappa shape index (κ2) is 5.60. The van der Waals surface area contributed by atoms with Crippen LogP contribution in [-0.2, 0) is 9.47 Å². The predicted octanol–water partition coefficient (Wildman–Crippen LogP) is 1.27. The molecule has 2 rings (SSSR count). The minimum Gasteiger partial charge on any atom is -0.478 e. The number of benzene rings is 1. The Bertz CT molecular complexity index is 526. The highest BCUT2D eigenvalue weighted by Gasteiger charge is 2.32. The fourth-order valence-corrected chi connectivity index (χ4v) is 2.03. The molecule has 6 nitrogen and oxygen atoms in total. The van der Waals surface area contributed by atoms with Crippen LogP contribution in [0, 0.1) is 0 Å². The van der Waals surface area contributed by atoms with Crippen LogP contribution < -0.4 is 5.32 Å². The van der Waals surface area contributed by atoms with Crippen molar-refractivity contribution < 1.29 is 24.2 Å². The first-order valence-corrected chi connectivity index (χ1v) is 6.31. The lowest BCUT2D eigenvalue weighted by molar-refractivity contribution is -0.137. The molecule has 1 aliphatic heterocycles. The van der Waals surface area contributed by atoms with Gasteiger partial charge in [-0.15, -0.1) is 0 Å². The maximum Gasteiger partial charge on any atom is 0.336 e. The standard InChI is InChI=1S/C14H17NO5/c1-14(2)19-8-9(20-14)7-15-12(16)10-5-3-4-6-11(10)13(17)18/h3-6,9H,7-8H2,1-2H3,(H,15,16)(H,17,18). The number of nitrogens with one attached hydrogen (secondary N) is 1. The summed E-state index contributed by atoms with van der Waals surface area (Å²) in [6.07, 6.45) is -0.231. The Morgan fingerprint density at radius 1 is 1.35 bits per heavy atom. The van der Waals surface area contributed by atoms with Gasteiger partial charge in [0.2, 0.25) is 0 Å². The highest BCUT2D eigenvalue weighted by molar-refractivity contribution is 6.04. The van der Waals surface area contributed by atoms with Crippen molar-refractivity contribution in [1.82, 2.24) is 5.32 Å². The van der Waals surface area contributed by atoms with Gasteiger partial charge in [0.15, 0.2) is 5.79 Å². The van der Waals surface area contributed by atoms with Gasteiger partial charge >= 0.3 is 5.97 Å². The van der Waals surface area contributed by atoms with Gasteiger partial charge in [-0.25, -0.2) is 4.79 Å². The van der Waals surface area contributed by atoms with E-state index in [1.54, 1.807) is 26.0 Å². The van der Waals surface area contributed by atoms with Gasteiger partial charge in [-0.2, -0.15) is 0 Å². The highest BCUT2D eigenvalue weighted by atomic mass is 16.7. The average molecular weight is 279 g/mol. The largest absolute Gasteiger partial charge is 0.478 e. The molecule has 0 bridgehead atoms. The van der Waals surface area contributed by atoms with Crippen LogP contribution in [0.15, 0.2) is 24.3 Å². The summed E-state index contributed by atoms with van der Waals surface area (Å²) in [5.41, 5.74) is 0.118. The van der Waals surface area contributed by atoms with Gasteiger partial charge in [-0.3, -0.25) is 4.79 Å². The number of carboxylic acids is 1. The lowest BCUT2D eigenvalue weighted by Crippen LogP contribution is -2.35. The topological polar surface area (TPSA) is 84.9 Å². The fraction of sp³-hybridized carbons (Fsp3) is 0.429. The molecule has 20 heavy (non-hydrogen) atoms. The summed E-state index contributed by atoms with van der Waals surface area (Å²) in [5.74, 6) is -2.21. The summed E-state index contributed by atoms with van der Waals surface area (Å²) in [6.45, 7) is 4.27. The van der Waals surface area contributed by atoms with Crippen LogP contribution in [0.5, 0.6) is 0 Å². The SMILES string of the molecule is CC1(C)OCC(CNC(=O)c2ccccc2C(=O)O)O1. The molecule has 2 N–H and O–H groups in total. The van der Waals surface area contributed by atoms with E-state index in [9.17, 15) is 9.59 Å². The molecule has 0 spiro atoms. The second-order valence-electron chi connectivity index (χ2n) is 5.01. The maximum absolute atomic E-state index is 12.0. The predicted molar refractivity (Wildman–Crippen MR) is 70.6 cm³/mol. The number of hydrogen-bond donors (Lipinski definition) is 2. The Balaban J connectivity index is 1.98. The third kappa shape index (κ3) is 3.34. The molecular weight excluding hydrogens is 262 g/mol. The van der Waals surface area contributed by atoms with E-state index in [2.05, 4.69) is 5.32 Å². The number of aromatic carboxylic acids is 1. The van der Waals surface area contributed by atoms with E-state index in [1.807, 2.05) is 0 Å². The highest BCUT2D eigenvalue weighted by Crippen LogP contribution is 2.21. The summed E-state index contributed by atoms with van der Waals surface area (Å²) < 4.78 is 10.9. The number of carbonyl (C=O) groups is 2. The van der Waals surface area contributed by atoms with Crippen LogP contribution in [0.25, 0.3) is 0 Å². The Labute approximate surface area is 116 Å². The van der Waals surface area contributed by atoms with E-state index in [1.165, 1.54) is 12.1 Å². The first-order chi connectivity index (χ1) is 9.39. The van der Waals surface area contributed by atoms with Gasteiger partial charge in [0.05, 0.1) is 17.7 Å². The summed E-state index contributed by atoms with van der Waals surface area (Å²) in [7, 11) is 0. The number of carboxylic acid groups (broad SMARTS) is 1. The molecule has 1 amide bonds. The lowest BCUT2D eigenvalue weighted by atomic mass is 10.1. The fourth-order valence-electron chi connectivity index (χ4n) is 2.03. The third-order valence-electron chi connectivity index (χ3n) is 2.96. The quantitative estimate of drug-likeness (QED) is 0.867. The zero-order chi connectivity index (χ0) is 14.8. The van der Waals surface area contributed by atoms with Gasteiger partial charge in [-0.1, -0.05) is 12.1 Å². The first-order valence-electron chi connectivity index (χ1n) is 6.31. The number of ether oxygens (including phenoxy) is 2. The average Bonchev–Trinajstić information content (AvgIpc) is 2.75. The van der Waals surface area contributed by atoms with Crippen molar-refractivity contribution in [3.63, 3.8) is 0 Å². The van der Waals surface area contributed by atoms with Crippen LogP contribution in [0.1, 0.15) is 34.6 Å². The molecule has 0 aromatic heterocycles. The van der Waals surface area contributed by atoms with Crippen LogP contribution in [0.4, 0.5) is 0 Å². The number of hydrogen-bond acceptors (Lipinski definition) is 4. The van der Waals surface area contributed by atoms with E-state index in [0.29, 0.717) is 6.61 Å². The molecule has 0 saturated carbocycles. The first kappa shape index (κ1) is 14.5. The summed E-state index contributed by atoms with van der Waals surface area (Å²) in [6, 6.07) is 6.08. The lowest BCUT2D eigenvalue weighted by Gasteiger charge is -2.17. The normalized spacial score (nSPS) is 20.6. The molecule has 0 radical (unpaired) electrons. The van der Waals surface area contributed by atoms with Crippen molar-refractivity contribution in [3.8, 4) is 0 Å². The van der Waals surface area contributed by atoms with E-state index in [0.717, 1.165) is 0 Å². The smallest absolute Gasteiger partial charge is 0.336 e. The molecule has 1 aromatic carbocycles. The van der Waals surface area contributed by atoms with Gasteiger partial charge in [0.25, 0.3) is 5.91 Å². The van der Waals surface area contributed by atoms with E-state index >= 15 is 0 Å². The van der Waals surface area contributed by atoms with Gasteiger partial charge < -0.3 is 19.9 Å². The van der Waals surface area contributed by atoms with Crippen molar-refractivity contribution in [1.29, 1.82) is 0 Å². The summed E-state index contributed by atoms with van der Waals surface area (Å²) in [4.78, 5) is 23.1. The Morgan fingerprint density at radius 2 is 2.00 bits per heavy atom. The van der Waals surface area contributed by atoms with E-state index in [-0.39, 0.29) is 23.8 Å². The van der Waals surface area contributed by atoms with Crippen LogP contribution in [-0.4, -0.2) is 42.0 Å². The van der Waals surface area contributed by atoms with Crippen molar-refractivity contribution >= 4 is 11.9 Å². The molecule has 1 unspecified atom stereocenters. The maximum atomic E-state index is 12.0. The third-order valence-corrected chi connectivity index (χ3v) is 2.96. The molecular formula is C14H17NO5.